The second-order valence-electron chi connectivity index (χ2n) is 4.42. The van der Waals surface area contributed by atoms with E-state index < -0.39 is 17.4 Å². The molecule has 1 aromatic rings. The molecule has 2 rings (SSSR count). The summed E-state index contributed by atoms with van der Waals surface area (Å²) in [5, 5.41) is 10.3. The maximum absolute atomic E-state index is 11.7. The van der Waals surface area contributed by atoms with Gasteiger partial charge in [-0.15, -0.1) is 0 Å². The number of aliphatic hydroxyl groups is 1. The fourth-order valence-electron chi connectivity index (χ4n) is 1.61. The summed E-state index contributed by atoms with van der Waals surface area (Å²) in [6, 6.07) is 5.14. The Morgan fingerprint density at radius 3 is 2.50 bits per heavy atom. The van der Waals surface area contributed by atoms with E-state index in [9.17, 15) is 9.90 Å². The fraction of sp³-hybridized carbons (Fsp3) is 0.455. The Balaban J connectivity index is 2.47. The number of cyclic esters (lactones) is 1. The predicted octanol–water partition coefficient (Wildman–Crippen LogP) is 1.53. The first-order chi connectivity index (χ1) is 7.36. The number of ether oxygens (including phenoxy) is 1. The third kappa shape index (κ3) is 1.36. The molecule has 0 unspecified atom stereocenters. The minimum atomic E-state index is -1.42. The van der Waals surface area contributed by atoms with E-state index >= 15 is 0 Å². The minimum absolute atomic E-state index is 0.378. The molecule has 1 fully saturated rings. The Bertz CT molecular complexity index is 414. The molecular formula is C11H14N2O3. The maximum atomic E-state index is 11.7. The van der Waals surface area contributed by atoms with E-state index in [1.165, 1.54) is 6.92 Å². The number of hydrogen-bond donors (Lipinski definition) is 1. The Morgan fingerprint density at radius 1 is 1.38 bits per heavy atom. The second kappa shape index (κ2) is 3.18. The molecule has 1 aliphatic rings. The number of carbonyl (C=O) groups is 1. The average Bonchev–Trinajstić information content (AvgIpc) is 2.33. The zero-order chi connectivity index (χ0) is 12.0. The monoisotopic (exact) mass is 222 g/mol. The summed E-state index contributed by atoms with van der Waals surface area (Å²) in [5.74, 6) is 0.378. The zero-order valence-corrected chi connectivity index (χ0v) is 9.47. The van der Waals surface area contributed by atoms with Crippen molar-refractivity contribution in [2.45, 2.75) is 32.1 Å². The van der Waals surface area contributed by atoms with Crippen molar-refractivity contribution < 1.29 is 14.6 Å². The molecule has 2 heterocycles. The van der Waals surface area contributed by atoms with Crippen molar-refractivity contribution in [1.82, 2.24) is 4.98 Å². The smallest absolute Gasteiger partial charge is 0.418 e. The fourth-order valence-corrected chi connectivity index (χ4v) is 1.61. The van der Waals surface area contributed by atoms with Gasteiger partial charge in [-0.05, 0) is 32.9 Å². The zero-order valence-electron chi connectivity index (χ0n) is 9.47. The normalized spacial score (nSPS) is 28.0. The Morgan fingerprint density at radius 2 is 2.06 bits per heavy atom. The number of hydrogen-bond acceptors (Lipinski definition) is 4. The van der Waals surface area contributed by atoms with E-state index in [0.29, 0.717) is 5.82 Å². The van der Waals surface area contributed by atoms with Gasteiger partial charge in [-0.2, -0.15) is 0 Å². The molecule has 0 aliphatic carbocycles. The lowest BCUT2D eigenvalue weighted by Gasteiger charge is -2.34. The van der Waals surface area contributed by atoms with E-state index in [0.717, 1.165) is 4.90 Å². The molecule has 5 nitrogen and oxygen atoms in total. The van der Waals surface area contributed by atoms with Crippen molar-refractivity contribution in [1.29, 1.82) is 0 Å². The lowest BCUT2D eigenvalue weighted by atomic mass is 9.96. The molecule has 0 spiro atoms. The third-order valence-electron chi connectivity index (χ3n) is 2.98. The van der Waals surface area contributed by atoms with Crippen LogP contribution in [0.3, 0.4) is 0 Å². The van der Waals surface area contributed by atoms with Gasteiger partial charge in [-0.3, -0.25) is 0 Å². The van der Waals surface area contributed by atoms with E-state index in [4.69, 9.17) is 4.74 Å². The SMILES string of the molecule is CC1(C)OC(=O)N(c2ccccn2)[C@@]1(C)O. The average molecular weight is 222 g/mol. The summed E-state index contributed by atoms with van der Waals surface area (Å²) in [7, 11) is 0. The van der Waals surface area contributed by atoms with Gasteiger partial charge in [0.25, 0.3) is 0 Å². The third-order valence-corrected chi connectivity index (χ3v) is 2.98. The van der Waals surface area contributed by atoms with Crippen LogP contribution in [0.5, 0.6) is 0 Å². The first kappa shape index (κ1) is 10.9. The highest BCUT2D eigenvalue weighted by atomic mass is 16.6. The number of anilines is 1. The molecular weight excluding hydrogens is 208 g/mol. The molecule has 1 aliphatic heterocycles. The quantitative estimate of drug-likeness (QED) is 0.782. The van der Waals surface area contributed by atoms with E-state index in [-0.39, 0.29) is 0 Å². The van der Waals surface area contributed by atoms with Crippen LogP contribution in [0.4, 0.5) is 10.6 Å². The number of rotatable bonds is 1. The van der Waals surface area contributed by atoms with Gasteiger partial charge in [0.05, 0.1) is 0 Å². The van der Waals surface area contributed by atoms with Gasteiger partial charge in [0, 0.05) is 6.20 Å². The second-order valence-corrected chi connectivity index (χ2v) is 4.42. The van der Waals surface area contributed by atoms with Gasteiger partial charge in [0.15, 0.2) is 11.3 Å². The summed E-state index contributed by atoms with van der Waals surface area (Å²) >= 11 is 0. The van der Waals surface area contributed by atoms with E-state index in [1.807, 2.05) is 0 Å². The molecule has 1 atom stereocenters. The van der Waals surface area contributed by atoms with Crippen LogP contribution in [0.25, 0.3) is 0 Å². The highest BCUT2D eigenvalue weighted by Crippen LogP contribution is 2.39. The van der Waals surface area contributed by atoms with Crippen LogP contribution < -0.4 is 4.90 Å². The lowest BCUT2D eigenvalue weighted by Crippen LogP contribution is -2.54. The van der Waals surface area contributed by atoms with Crippen LogP contribution >= 0.6 is 0 Å². The molecule has 16 heavy (non-hydrogen) atoms. The Kier molecular flexibility index (Phi) is 2.17. The molecule has 1 saturated heterocycles. The lowest BCUT2D eigenvalue weighted by molar-refractivity contribution is -0.0725. The highest BCUT2D eigenvalue weighted by molar-refractivity contribution is 5.90. The van der Waals surface area contributed by atoms with Crippen molar-refractivity contribution in [2.24, 2.45) is 0 Å². The number of nitrogens with zero attached hydrogens (tertiary/aromatic N) is 2. The van der Waals surface area contributed by atoms with Crippen molar-refractivity contribution in [3.05, 3.63) is 24.4 Å². The predicted molar refractivity (Wildman–Crippen MR) is 57.9 cm³/mol. The minimum Gasteiger partial charge on any atom is -0.438 e. The van der Waals surface area contributed by atoms with E-state index in [2.05, 4.69) is 4.98 Å². The molecule has 0 radical (unpaired) electrons. The van der Waals surface area contributed by atoms with Crippen molar-refractivity contribution >= 4 is 11.9 Å². The van der Waals surface area contributed by atoms with Crippen molar-refractivity contribution in [2.75, 3.05) is 4.90 Å². The van der Waals surface area contributed by atoms with Gasteiger partial charge >= 0.3 is 6.09 Å². The summed E-state index contributed by atoms with van der Waals surface area (Å²) in [6.45, 7) is 4.86. The molecule has 86 valence electrons. The topological polar surface area (TPSA) is 62.7 Å². The first-order valence-electron chi connectivity index (χ1n) is 5.03. The number of amides is 1. The van der Waals surface area contributed by atoms with Crippen LogP contribution in [0, 0.1) is 0 Å². The standard InChI is InChI=1S/C11H14N2O3/c1-10(2)11(3,15)13(9(14)16-10)8-6-4-5-7-12-8/h4-7,15H,1-3H3/t11-/m0/s1. The van der Waals surface area contributed by atoms with Crippen LogP contribution in [-0.2, 0) is 4.74 Å². The largest absolute Gasteiger partial charge is 0.438 e. The van der Waals surface area contributed by atoms with Crippen LogP contribution in [0.15, 0.2) is 24.4 Å². The van der Waals surface area contributed by atoms with Crippen LogP contribution in [0.1, 0.15) is 20.8 Å². The van der Waals surface area contributed by atoms with Crippen LogP contribution in [-0.4, -0.2) is 27.5 Å². The summed E-state index contributed by atoms with van der Waals surface area (Å²) in [5.41, 5.74) is -2.39. The maximum Gasteiger partial charge on any atom is 0.418 e. The molecule has 0 aromatic carbocycles. The number of pyridine rings is 1. The molecule has 1 aromatic heterocycles. The molecule has 0 saturated carbocycles. The van der Waals surface area contributed by atoms with Crippen molar-refractivity contribution in [3.8, 4) is 0 Å². The highest BCUT2D eigenvalue weighted by Gasteiger charge is 2.57. The molecule has 0 bridgehead atoms. The first-order valence-corrected chi connectivity index (χ1v) is 5.03. The molecule has 1 amide bonds. The molecule has 1 N–H and O–H groups in total. The van der Waals surface area contributed by atoms with Crippen LogP contribution in [0.2, 0.25) is 0 Å². The molecule has 5 heteroatoms. The van der Waals surface area contributed by atoms with E-state index in [1.54, 1.807) is 38.2 Å². The summed E-state index contributed by atoms with van der Waals surface area (Å²) < 4.78 is 5.13. The van der Waals surface area contributed by atoms with Gasteiger partial charge in [0.1, 0.15) is 5.82 Å². The number of aromatic nitrogens is 1. The van der Waals surface area contributed by atoms with Gasteiger partial charge < -0.3 is 9.84 Å². The van der Waals surface area contributed by atoms with Gasteiger partial charge in [-0.1, -0.05) is 6.07 Å². The summed E-state index contributed by atoms with van der Waals surface area (Å²) in [6.07, 6.45) is 0.970. The van der Waals surface area contributed by atoms with Gasteiger partial charge in [0.2, 0.25) is 0 Å². The number of carbonyl (C=O) groups excluding carboxylic acids is 1. The van der Waals surface area contributed by atoms with Crippen molar-refractivity contribution in [3.63, 3.8) is 0 Å². The Labute approximate surface area is 93.7 Å². The van der Waals surface area contributed by atoms with Gasteiger partial charge in [-0.25, -0.2) is 14.7 Å². The Hall–Kier alpha value is -1.62. The summed E-state index contributed by atoms with van der Waals surface area (Å²) in [4.78, 5) is 16.9.